The third-order valence-corrected chi connectivity index (χ3v) is 6.40. The highest BCUT2D eigenvalue weighted by molar-refractivity contribution is 7.98. The Morgan fingerprint density at radius 3 is 2.82 bits per heavy atom. The van der Waals surface area contributed by atoms with Crippen LogP contribution in [0.25, 0.3) is 11.4 Å². The lowest BCUT2D eigenvalue weighted by Crippen LogP contribution is -2.27. The molecule has 28 heavy (non-hydrogen) atoms. The molecule has 0 aliphatic heterocycles. The van der Waals surface area contributed by atoms with E-state index in [2.05, 4.69) is 15.2 Å². The Labute approximate surface area is 170 Å². The summed E-state index contributed by atoms with van der Waals surface area (Å²) in [5, 5.41) is 12.0. The fraction of sp³-hybridized carbons (Fsp3) is 0.368. The Kier molecular flexibility index (Phi) is 5.45. The van der Waals surface area contributed by atoms with Gasteiger partial charge >= 0.3 is 0 Å². The summed E-state index contributed by atoms with van der Waals surface area (Å²) < 4.78 is 16.3. The molecule has 4 rings (SSSR count). The summed E-state index contributed by atoms with van der Waals surface area (Å²) in [5.74, 6) is 0.893. The molecule has 1 fully saturated rings. The second-order valence-corrected chi connectivity index (χ2v) is 8.34. The van der Waals surface area contributed by atoms with Gasteiger partial charge < -0.3 is 0 Å². The summed E-state index contributed by atoms with van der Waals surface area (Å²) in [5.41, 5.74) is 1.37. The van der Waals surface area contributed by atoms with Crippen LogP contribution < -0.4 is 4.90 Å². The molecule has 0 saturated heterocycles. The van der Waals surface area contributed by atoms with E-state index in [0.29, 0.717) is 34.9 Å². The lowest BCUT2D eigenvalue weighted by molar-refractivity contribution is -0.116. The lowest BCUT2D eigenvalue weighted by Gasteiger charge is -2.14. The molecule has 0 atom stereocenters. The molecule has 3 aromatic rings. The average Bonchev–Trinajstić information content (AvgIpc) is 3.26. The third-order valence-electron chi connectivity index (χ3n) is 4.51. The monoisotopic (exact) mass is 417 g/mol. The van der Waals surface area contributed by atoms with Crippen LogP contribution >= 0.6 is 23.1 Å². The van der Waals surface area contributed by atoms with Gasteiger partial charge in [0, 0.05) is 30.6 Å². The molecule has 0 spiro atoms. The van der Waals surface area contributed by atoms with Crippen LogP contribution in [0, 0.1) is 5.82 Å². The molecule has 6 nitrogen and oxygen atoms in total. The Hall–Kier alpha value is -2.26. The van der Waals surface area contributed by atoms with E-state index in [0.717, 1.165) is 23.7 Å². The number of hydrogen-bond donors (Lipinski definition) is 0. The molecule has 0 N–H and O–H groups in total. The van der Waals surface area contributed by atoms with Crippen LogP contribution in [-0.2, 0) is 10.5 Å². The first-order valence-electron chi connectivity index (χ1n) is 9.13. The van der Waals surface area contributed by atoms with Crippen molar-refractivity contribution in [2.45, 2.75) is 43.6 Å². The predicted octanol–water partition coefficient (Wildman–Crippen LogP) is 4.54. The summed E-state index contributed by atoms with van der Waals surface area (Å²) in [4.78, 5) is 17.9. The zero-order chi connectivity index (χ0) is 19.7. The molecular weight excluding hydrogens is 397 g/mol. The van der Waals surface area contributed by atoms with Gasteiger partial charge in [-0.25, -0.2) is 9.37 Å². The summed E-state index contributed by atoms with van der Waals surface area (Å²) >= 11 is 3.00. The molecule has 1 aliphatic rings. The highest BCUT2D eigenvalue weighted by Crippen LogP contribution is 2.42. The third kappa shape index (κ3) is 3.81. The van der Waals surface area contributed by atoms with Crippen LogP contribution in [0.1, 0.15) is 38.4 Å². The van der Waals surface area contributed by atoms with Crippen LogP contribution in [0.15, 0.2) is 34.8 Å². The van der Waals surface area contributed by atoms with Gasteiger partial charge in [-0.3, -0.25) is 14.3 Å². The van der Waals surface area contributed by atoms with Crippen molar-refractivity contribution in [2.24, 2.45) is 0 Å². The fourth-order valence-corrected chi connectivity index (χ4v) is 4.92. The van der Waals surface area contributed by atoms with Crippen molar-refractivity contribution >= 4 is 34.1 Å². The number of aromatic nitrogens is 4. The maximum atomic E-state index is 14.2. The number of hydrogen-bond acceptors (Lipinski definition) is 6. The standard InChI is InChI=1S/C19H20FN5OS2/c1-3-24(12(2)26)18-21-13(10-27-18)11-28-19-23-22-17(25(19)14-8-9-14)15-6-4-5-7-16(15)20/h4-7,10,14H,3,8-9,11H2,1-2H3. The minimum absolute atomic E-state index is 0.0148. The average molecular weight is 418 g/mol. The van der Waals surface area contributed by atoms with E-state index < -0.39 is 0 Å². The van der Waals surface area contributed by atoms with Crippen molar-refractivity contribution in [1.82, 2.24) is 19.7 Å². The van der Waals surface area contributed by atoms with Gasteiger partial charge in [0.1, 0.15) is 5.82 Å². The zero-order valence-electron chi connectivity index (χ0n) is 15.6. The molecule has 0 unspecified atom stereocenters. The number of rotatable bonds is 7. The molecular formula is C19H20FN5OS2. The van der Waals surface area contributed by atoms with Crippen LogP contribution in [0.3, 0.4) is 0 Å². The van der Waals surface area contributed by atoms with Crippen LogP contribution in [0.2, 0.25) is 0 Å². The van der Waals surface area contributed by atoms with Crippen LogP contribution in [0.5, 0.6) is 0 Å². The Morgan fingerprint density at radius 2 is 2.14 bits per heavy atom. The van der Waals surface area contributed by atoms with Crippen molar-refractivity contribution < 1.29 is 9.18 Å². The summed E-state index contributed by atoms with van der Waals surface area (Å²) in [6, 6.07) is 6.99. The SMILES string of the molecule is CCN(C(C)=O)c1nc(CSc2nnc(-c3ccccc3F)n2C2CC2)cs1. The Bertz CT molecular complexity index is 998. The van der Waals surface area contributed by atoms with Gasteiger partial charge in [-0.05, 0) is 31.9 Å². The first-order valence-corrected chi connectivity index (χ1v) is 11.0. The number of thioether (sulfide) groups is 1. The summed E-state index contributed by atoms with van der Waals surface area (Å²) in [6.07, 6.45) is 2.11. The van der Waals surface area contributed by atoms with Crippen LogP contribution in [0.4, 0.5) is 9.52 Å². The lowest BCUT2D eigenvalue weighted by atomic mass is 10.2. The number of carbonyl (C=O) groups excluding carboxylic acids is 1. The highest BCUT2D eigenvalue weighted by Gasteiger charge is 2.31. The van der Waals surface area contributed by atoms with Crippen molar-refractivity contribution in [1.29, 1.82) is 0 Å². The van der Waals surface area contributed by atoms with E-state index in [1.54, 1.807) is 24.0 Å². The second kappa shape index (κ2) is 8.00. The fourth-order valence-electron chi connectivity index (χ4n) is 2.98. The number of anilines is 1. The zero-order valence-corrected chi connectivity index (χ0v) is 17.3. The van der Waals surface area contributed by atoms with Gasteiger partial charge in [0.15, 0.2) is 16.1 Å². The van der Waals surface area contributed by atoms with E-state index in [1.165, 1.54) is 29.2 Å². The molecule has 1 saturated carbocycles. The van der Waals surface area contributed by atoms with Gasteiger partial charge in [0.05, 0.1) is 11.3 Å². The number of nitrogens with zero attached hydrogens (tertiary/aromatic N) is 5. The van der Waals surface area contributed by atoms with E-state index >= 15 is 0 Å². The normalized spacial score (nSPS) is 13.7. The molecule has 2 aromatic heterocycles. The predicted molar refractivity (Wildman–Crippen MR) is 109 cm³/mol. The van der Waals surface area contributed by atoms with E-state index in [-0.39, 0.29) is 11.7 Å². The summed E-state index contributed by atoms with van der Waals surface area (Å²) in [6.45, 7) is 4.07. The molecule has 2 heterocycles. The van der Waals surface area contributed by atoms with Gasteiger partial charge in [-0.1, -0.05) is 23.9 Å². The van der Waals surface area contributed by atoms with Crippen molar-refractivity contribution in [3.8, 4) is 11.4 Å². The number of amides is 1. The quantitative estimate of drug-likeness (QED) is 0.528. The minimum Gasteiger partial charge on any atom is -0.299 e. The van der Waals surface area contributed by atoms with Crippen molar-refractivity contribution in [3.63, 3.8) is 0 Å². The smallest absolute Gasteiger partial charge is 0.225 e. The Balaban J connectivity index is 1.54. The van der Waals surface area contributed by atoms with Gasteiger partial charge in [0.2, 0.25) is 5.91 Å². The number of carbonyl (C=O) groups is 1. The largest absolute Gasteiger partial charge is 0.299 e. The molecule has 1 aromatic carbocycles. The maximum absolute atomic E-state index is 14.2. The molecule has 0 radical (unpaired) electrons. The topological polar surface area (TPSA) is 63.9 Å². The molecule has 1 amide bonds. The minimum atomic E-state index is -0.290. The molecule has 146 valence electrons. The Morgan fingerprint density at radius 1 is 1.36 bits per heavy atom. The molecule has 1 aliphatic carbocycles. The van der Waals surface area contributed by atoms with Gasteiger partial charge in [-0.2, -0.15) is 0 Å². The molecule has 9 heteroatoms. The van der Waals surface area contributed by atoms with E-state index in [1.807, 2.05) is 22.9 Å². The maximum Gasteiger partial charge on any atom is 0.225 e. The number of halogens is 1. The number of thiazole rings is 1. The van der Waals surface area contributed by atoms with Gasteiger partial charge in [-0.15, -0.1) is 21.5 Å². The first kappa shape index (κ1) is 19.1. The van der Waals surface area contributed by atoms with Crippen LogP contribution in [-0.4, -0.2) is 32.2 Å². The highest BCUT2D eigenvalue weighted by atomic mass is 32.2. The van der Waals surface area contributed by atoms with E-state index in [9.17, 15) is 9.18 Å². The van der Waals surface area contributed by atoms with Gasteiger partial charge in [0.25, 0.3) is 0 Å². The van der Waals surface area contributed by atoms with Crippen molar-refractivity contribution in [2.75, 3.05) is 11.4 Å². The first-order chi connectivity index (χ1) is 13.6. The number of benzene rings is 1. The summed E-state index contributed by atoms with van der Waals surface area (Å²) in [7, 11) is 0. The second-order valence-electron chi connectivity index (χ2n) is 6.56. The molecule has 0 bridgehead atoms. The van der Waals surface area contributed by atoms with E-state index in [4.69, 9.17) is 0 Å². The van der Waals surface area contributed by atoms with Crippen molar-refractivity contribution in [3.05, 3.63) is 41.2 Å².